The van der Waals surface area contributed by atoms with E-state index in [2.05, 4.69) is 40.7 Å². The van der Waals surface area contributed by atoms with Gasteiger partial charge in [-0.1, -0.05) is 35.2 Å². The van der Waals surface area contributed by atoms with Crippen LogP contribution < -0.4 is 10.6 Å². The van der Waals surface area contributed by atoms with Gasteiger partial charge >= 0.3 is 0 Å². The summed E-state index contributed by atoms with van der Waals surface area (Å²) in [7, 11) is 0. The molecule has 0 aliphatic carbocycles. The molecule has 1 amide bonds. The third-order valence-electron chi connectivity index (χ3n) is 4.11. The maximum Gasteiger partial charge on any atom is 0.221 e. The Morgan fingerprint density at radius 1 is 1.07 bits per heavy atom. The fraction of sp³-hybridized carbons (Fsp3) is 0.200. The Balaban J connectivity index is 1.57. The molecule has 1 heterocycles. The van der Waals surface area contributed by atoms with Gasteiger partial charge in [-0.2, -0.15) is 0 Å². The highest BCUT2D eigenvalue weighted by atomic mass is 32.2. The van der Waals surface area contributed by atoms with Gasteiger partial charge in [0.2, 0.25) is 11.0 Å². The fourth-order valence-electron chi connectivity index (χ4n) is 2.47. The summed E-state index contributed by atoms with van der Waals surface area (Å²) in [6.07, 6.45) is 0. The van der Waals surface area contributed by atoms with Crippen molar-refractivity contribution in [3.8, 4) is 0 Å². The van der Waals surface area contributed by atoms with E-state index in [0.717, 1.165) is 10.0 Å². The van der Waals surface area contributed by atoms with E-state index >= 15 is 0 Å². The Labute approximate surface area is 171 Å². The second-order valence-corrected chi connectivity index (χ2v) is 8.42. The van der Waals surface area contributed by atoms with Crippen LogP contribution in [0.1, 0.15) is 28.4 Å². The van der Waals surface area contributed by atoms with Crippen molar-refractivity contribution in [2.24, 2.45) is 0 Å². The lowest BCUT2D eigenvalue weighted by molar-refractivity contribution is -0.114. The second-order valence-electron chi connectivity index (χ2n) is 6.22. The molecular formula is C20H20N4O2S2. The van der Waals surface area contributed by atoms with E-state index < -0.39 is 0 Å². The summed E-state index contributed by atoms with van der Waals surface area (Å²) < 4.78 is 0.732. The van der Waals surface area contributed by atoms with Crippen LogP contribution >= 0.6 is 23.1 Å². The van der Waals surface area contributed by atoms with Crippen molar-refractivity contribution in [3.05, 3.63) is 59.2 Å². The highest BCUT2D eigenvalue weighted by Crippen LogP contribution is 2.29. The lowest BCUT2D eigenvalue weighted by atomic mass is 10.1. The van der Waals surface area contributed by atoms with Crippen LogP contribution in [0, 0.1) is 13.8 Å². The molecule has 28 heavy (non-hydrogen) atoms. The Morgan fingerprint density at radius 2 is 1.82 bits per heavy atom. The van der Waals surface area contributed by atoms with E-state index in [1.807, 2.05) is 12.1 Å². The summed E-state index contributed by atoms with van der Waals surface area (Å²) in [5.41, 5.74) is 4.65. The normalized spacial score (nSPS) is 10.5. The predicted molar refractivity (Wildman–Crippen MR) is 115 cm³/mol. The lowest BCUT2D eigenvalue weighted by Gasteiger charge is -2.08. The summed E-state index contributed by atoms with van der Waals surface area (Å²) >= 11 is 2.78. The molecule has 0 aliphatic heterocycles. The molecule has 2 aromatic carbocycles. The molecule has 0 unspecified atom stereocenters. The average molecular weight is 413 g/mol. The number of carbonyl (C=O) groups is 2. The SMILES string of the molecule is CC(=O)Nc1ccc(C(=O)CSc2nnc(Nc3cccc(C)c3C)s2)cc1. The molecule has 0 saturated heterocycles. The van der Waals surface area contributed by atoms with Gasteiger partial charge in [0.25, 0.3) is 0 Å². The molecule has 1 aromatic heterocycles. The molecule has 0 aliphatic rings. The first-order valence-corrected chi connectivity index (χ1v) is 10.4. The van der Waals surface area contributed by atoms with Gasteiger partial charge in [0.05, 0.1) is 5.75 Å². The minimum absolute atomic E-state index is 0.00128. The van der Waals surface area contributed by atoms with E-state index in [-0.39, 0.29) is 17.4 Å². The van der Waals surface area contributed by atoms with Crippen molar-refractivity contribution in [3.63, 3.8) is 0 Å². The molecule has 0 atom stereocenters. The molecule has 0 fully saturated rings. The molecule has 144 valence electrons. The molecule has 0 spiro atoms. The number of rotatable bonds is 7. The van der Waals surface area contributed by atoms with Gasteiger partial charge in [-0.25, -0.2) is 0 Å². The fourth-order valence-corrected chi connectivity index (χ4v) is 4.13. The van der Waals surface area contributed by atoms with Gasteiger partial charge in [-0.05, 0) is 55.3 Å². The first-order valence-electron chi connectivity index (χ1n) is 8.63. The molecule has 3 rings (SSSR count). The van der Waals surface area contributed by atoms with Crippen molar-refractivity contribution in [1.82, 2.24) is 10.2 Å². The van der Waals surface area contributed by atoms with Crippen LogP contribution in [0.25, 0.3) is 0 Å². The number of amides is 1. The zero-order chi connectivity index (χ0) is 20.1. The minimum Gasteiger partial charge on any atom is -0.330 e. The number of aromatic nitrogens is 2. The van der Waals surface area contributed by atoms with Crippen LogP contribution in [-0.4, -0.2) is 27.6 Å². The van der Waals surface area contributed by atoms with Crippen molar-refractivity contribution in [1.29, 1.82) is 0 Å². The summed E-state index contributed by atoms with van der Waals surface area (Å²) in [6, 6.07) is 12.9. The molecule has 0 bridgehead atoms. The summed E-state index contributed by atoms with van der Waals surface area (Å²) in [5.74, 6) is 0.132. The van der Waals surface area contributed by atoms with E-state index in [4.69, 9.17) is 0 Å². The van der Waals surface area contributed by atoms with Crippen LogP contribution in [0.3, 0.4) is 0 Å². The molecule has 2 N–H and O–H groups in total. The van der Waals surface area contributed by atoms with Crippen LogP contribution in [0.4, 0.5) is 16.5 Å². The number of carbonyl (C=O) groups excluding carboxylic acids is 2. The Bertz CT molecular complexity index is 1000. The third-order valence-corrected chi connectivity index (χ3v) is 6.08. The van der Waals surface area contributed by atoms with Crippen molar-refractivity contribution in [2.45, 2.75) is 25.1 Å². The van der Waals surface area contributed by atoms with Crippen LogP contribution in [0.5, 0.6) is 0 Å². The monoisotopic (exact) mass is 412 g/mol. The van der Waals surface area contributed by atoms with Gasteiger partial charge in [-0.3, -0.25) is 9.59 Å². The Kier molecular flexibility index (Phi) is 6.43. The van der Waals surface area contributed by atoms with Crippen molar-refractivity contribution in [2.75, 3.05) is 16.4 Å². The van der Waals surface area contributed by atoms with Crippen LogP contribution in [-0.2, 0) is 4.79 Å². The number of Topliss-reactive ketones (excluding diaryl/α,β-unsaturated/α-hetero) is 1. The zero-order valence-corrected chi connectivity index (χ0v) is 17.4. The quantitative estimate of drug-likeness (QED) is 0.427. The van der Waals surface area contributed by atoms with Gasteiger partial charge in [0.1, 0.15) is 0 Å². The van der Waals surface area contributed by atoms with Gasteiger partial charge in [-0.15, -0.1) is 10.2 Å². The van der Waals surface area contributed by atoms with Crippen molar-refractivity contribution >= 4 is 51.3 Å². The van der Waals surface area contributed by atoms with Crippen LogP contribution in [0.2, 0.25) is 0 Å². The van der Waals surface area contributed by atoms with Crippen molar-refractivity contribution < 1.29 is 9.59 Å². The minimum atomic E-state index is -0.142. The number of ketones is 1. The molecular weight excluding hydrogens is 392 g/mol. The second kappa shape index (κ2) is 8.99. The topological polar surface area (TPSA) is 84.0 Å². The van der Waals surface area contributed by atoms with E-state index in [9.17, 15) is 9.59 Å². The largest absolute Gasteiger partial charge is 0.330 e. The highest BCUT2D eigenvalue weighted by Gasteiger charge is 2.11. The summed E-state index contributed by atoms with van der Waals surface area (Å²) in [6.45, 7) is 5.57. The number of nitrogens with zero attached hydrogens (tertiary/aromatic N) is 2. The first kappa shape index (κ1) is 20.0. The van der Waals surface area contributed by atoms with Crippen LogP contribution in [0.15, 0.2) is 46.8 Å². The molecule has 6 nitrogen and oxygen atoms in total. The number of hydrogen-bond acceptors (Lipinski definition) is 7. The number of thioether (sulfide) groups is 1. The van der Waals surface area contributed by atoms with Gasteiger partial charge in [0, 0.05) is 23.9 Å². The third kappa shape index (κ3) is 5.17. The highest BCUT2D eigenvalue weighted by molar-refractivity contribution is 8.01. The first-order chi connectivity index (χ1) is 13.4. The zero-order valence-electron chi connectivity index (χ0n) is 15.8. The maximum atomic E-state index is 12.4. The number of benzene rings is 2. The summed E-state index contributed by atoms with van der Waals surface area (Å²) in [5, 5.41) is 15.0. The van der Waals surface area contributed by atoms with E-state index in [0.29, 0.717) is 16.4 Å². The van der Waals surface area contributed by atoms with E-state index in [1.165, 1.54) is 41.1 Å². The predicted octanol–water partition coefficient (Wildman–Crippen LogP) is 4.83. The smallest absolute Gasteiger partial charge is 0.221 e. The standard InChI is InChI=1S/C20H20N4O2S2/c1-12-5-4-6-17(13(12)2)22-19-23-24-20(28-19)27-11-18(26)15-7-9-16(10-8-15)21-14(3)25/h4-10H,11H2,1-3H3,(H,21,25)(H,22,23). The maximum absolute atomic E-state index is 12.4. The number of anilines is 3. The lowest BCUT2D eigenvalue weighted by Crippen LogP contribution is -2.06. The molecule has 3 aromatic rings. The number of hydrogen-bond donors (Lipinski definition) is 2. The number of aryl methyl sites for hydroxylation is 1. The molecule has 8 heteroatoms. The molecule has 0 radical (unpaired) electrons. The van der Waals surface area contributed by atoms with E-state index in [1.54, 1.807) is 24.3 Å². The molecule has 0 saturated carbocycles. The average Bonchev–Trinajstić information content (AvgIpc) is 3.11. The number of nitrogens with one attached hydrogen (secondary N) is 2. The Hall–Kier alpha value is -2.71. The van der Waals surface area contributed by atoms with Gasteiger partial charge in [0.15, 0.2) is 10.1 Å². The summed E-state index contributed by atoms with van der Waals surface area (Å²) in [4.78, 5) is 23.4. The Morgan fingerprint density at radius 3 is 2.54 bits per heavy atom. The van der Waals surface area contributed by atoms with Gasteiger partial charge < -0.3 is 10.6 Å².